The summed E-state index contributed by atoms with van der Waals surface area (Å²) < 4.78 is 5.26. The average Bonchev–Trinajstić information content (AvgIpc) is 2.15. The van der Waals surface area contributed by atoms with E-state index >= 15 is 0 Å². The van der Waals surface area contributed by atoms with Gasteiger partial charge < -0.3 is 10.5 Å². The smallest absolute Gasteiger partial charge is 0.0469 e. The summed E-state index contributed by atoms with van der Waals surface area (Å²) >= 11 is 0. The largest absolute Gasteiger partial charge is 0.381 e. The summed E-state index contributed by atoms with van der Waals surface area (Å²) in [6, 6.07) is 0.251. The molecule has 0 amide bonds. The molecule has 12 heavy (non-hydrogen) atoms. The highest BCUT2D eigenvalue weighted by Gasteiger charge is 2.19. The van der Waals surface area contributed by atoms with Crippen molar-refractivity contribution >= 4 is 0 Å². The lowest BCUT2D eigenvalue weighted by atomic mass is 9.91. The van der Waals surface area contributed by atoms with E-state index in [1.165, 1.54) is 0 Å². The lowest BCUT2D eigenvalue weighted by Gasteiger charge is -2.26. The Morgan fingerprint density at radius 3 is 2.75 bits per heavy atom. The molecule has 1 fully saturated rings. The maximum atomic E-state index is 5.98. The molecular weight excluding hydrogens is 150 g/mol. The SMILES string of the molecule is CC#CCC(N)C1CCOCC1. The van der Waals surface area contributed by atoms with Crippen LogP contribution in [0.5, 0.6) is 0 Å². The number of hydrogen-bond acceptors (Lipinski definition) is 2. The van der Waals surface area contributed by atoms with Gasteiger partial charge in [-0.2, -0.15) is 0 Å². The highest BCUT2D eigenvalue weighted by molar-refractivity contribution is 4.98. The van der Waals surface area contributed by atoms with E-state index in [2.05, 4.69) is 11.8 Å². The number of hydrogen-bond donors (Lipinski definition) is 1. The third-order valence-corrected chi connectivity index (χ3v) is 2.39. The van der Waals surface area contributed by atoms with Crippen LogP contribution in [0.2, 0.25) is 0 Å². The van der Waals surface area contributed by atoms with Crippen LogP contribution >= 0.6 is 0 Å². The second-order valence-electron chi connectivity index (χ2n) is 3.24. The van der Waals surface area contributed by atoms with E-state index in [-0.39, 0.29) is 6.04 Å². The van der Waals surface area contributed by atoms with E-state index in [0.717, 1.165) is 32.5 Å². The molecular formula is C10H17NO. The zero-order valence-electron chi connectivity index (χ0n) is 7.68. The Kier molecular flexibility index (Phi) is 4.13. The number of ether oxygens (including phenoxy) is 1. The van der Waals surface area contributed by atoms with Crippen LogP contribution in [0.3, 0.4) is 0 Å². The zero-order valence-corrected chi connectivity index (χ0v) is 7.68. The Hall–Kier alpha value is -0.520. The van der Waals surface area contributed by atoms with Gasteiger partial charge >= 0.3 is 0 Å². The average molecular weight is 167 g/mol. The fraction of sp³-hybridized carbons (Fsp3) is 0.800. The Bertz CT molecular complexity index is 174. The predicted molar refractivity (Wildman–Crippen MR) is 49.6 cm³/mol. The lowest BCUT2D eigenvalue weighted by Crippen LogP contribution is -2.33. The molecule has 0 spiro atoms. The van der Waals surface area contributed by atoms with Crippen LogP contribution in [0.15, 0.2) is 0 Å². The van der Waals surface area contributed by atoms with Crippen molar-refractivity contribution in [1.29, 1.82) is 0 Å². The first-order valence-electron chi connectivity index (χ1n) is 4.57. The highest BCUT2D eigenvalue weighted by Crippen LogP contribution is 2.18. The Labute approximate surface area is 74.5 Å². The lowest BCUT2D eigenvalue weighted by molar-refractivity contribution is 0.0590. The van der Waals surface area contributed by atoms with Crippen molar-refractivity contribution in [3.8, 4) is 11.8 Å². The summed E-state index contributed by atoms with van der Waals surface area (Å²) in [6.07, 6.45) is 3.04. The molecule has 0 aromatic rings. The van der Waals surface area contributed by atoms with Crippen molar-refractivity contribution in [3.63, 3.8) is 0 Å². The van der Waals surface area contributed by atoms with E-state index in [4.69, 9.17) is 10.5 Å². The van der Waals surface area contributed by atoms with Gasteiger partial charge in [0.1, 0.15) is 0 Å². The molecule has 68 valence electrons. The van der Waals surface area contributed by atoms with Crippen molar-refractivity contribution in [1.82, 2.24) is 0 Å². The van der Waals surface area contributed by atoms with Crippen molar-refractivity contribution in [2.24, 2.45) is 11.7 Å². The Balaban J connectivity index is 2.27. The van der Waals surface area contributed by atoms with Crippen molar-refractivity contribution in [2.45, 2.75) is 32.2 Å². The third kappa shape index (κ3) is 2.84. The normalized spacial score (nSPS) is 21.2. The summed E-state index contributed by atoms with van der Waals surface area (Å²) in [5.74, 6) is 6.53. The summed E-state index contributed by atoms with van der Waals surface area (Å²) in [7, 11) is 0. The summed E-state index contributed by atoms with van der Waals surface area (Å²) in [6.45, 7) is 3.60. The first-order chi connectivity index (χ1) is 5.84. The molecule has 0 saturated carbocycles. The third-order valence-electron chi connectivity index (χ3n) is 2.39. The fourth-order valence-corrected chi connectivity index (χ4v) is 1.53. The van der Waals surface area contributed by atoms with Gasteiger partial charge in [0.2, 0.25) is 0 Å². The molecule has 1 saturated heterocycles. The van der Waals surface area contributed by atoms with Gasteiger partial charge in [-0.15, -0.1) is 11.8 Å². The van der Waals surface area contributed by atoms with Crippen molar-refractivity contribution in [3.05, 3.63) is 0 Å². The molecule has 1 rings (SSSR count). The Morgan fingerprint density at radius 2 is 2.17 bits per heavy atom. The van der Waals surface area contributed by atoms with Crippen LogP contribution in [0.25, 0.3) is 0 Å². The molecule has 2 nitrogen and oxygen atoms in total. The van der Waals surface area contributed by atoms with E-state index in [1.807, 2.05) is 6.92 Å². The minimum atomic E-state index is 0.251. The minimum absolute atomic E-state index is 0.251. The van der Waals surface area contributed by atoms with Gasteiger partial charge in [-0.05, 0) is 25.7 Å². The van der Waals surface area contributed by atoms with Crippen molar-refractivity contribution < 1.29 is 4.74 Å². The molecule has 1 aliphatic rings. The van der Waals surface area contributed by atoms with E-state index in [9.17, 15) is 0 Å². The van der Waals surface area contributed by atoms with Gasteiger partial charge in [-0.25, -0.2) is 0 Å². The van der Waals surface area contributed by atoms with E-state index in [1.54, 1.807) is 0 Å². The Morgan fingerprint density at radius 1 is 1.50 bits per heavy atom. The number of nitrogens with two attached hydrogens (primary N) is 1. The van der Waals surface area contributed by atoms with Crippen LogP contribution in [0.4, 0.5) is 0 Å². The number of rotatable bonds is 2. The molecule has 2 N–H and O–H groups in total. The second-order valence-corrected chi connectivity index (χ2v) is 3.24. The summed E-state index contributed by atoms with van der Waals surface area (Å²) in [5.41, 5.74) is 5.98. The van der Waals surface area contributed by atoms with Crippen LogP contribution in [0, 0.1) is 17.8 Å². The van der Waals surface area contributed by atoms with Crippen LogP contribution in [-0.2, 0) is 4.74 Å². The maximum Gasteiger partial charge on any atom is 0.0469 e. The van der Waals surface area contributed by atoms with Crippen molar-refractivity contribution in [2.75, 3.05) is 13.2 Å². The monoisotopic (exact) mass is 167 g/mol. The maximum absolute atomic E-state index is 5.98. The first kappa shape index (κ1) is 9.57. The highest BCUT2D eigenvalue weighted by atomic mass is 16.5. The minimum Gasteiger partial charge on any atom is -0.381 e. The quantitative estimate of drug-likeness (QED) is 0.626. The van der Waals surface area contributed by atoms with Crippen LogP contribution in [-0.4, -0.2) is 19.3 Å². The molecule has 2 heteroatoms. The molecule has 1 atom stereocenters. The summed E-state index contributed by atoms with van der Waals surface area (Å²) in [4.78, 5) is 0. The standard InChI is InChI=1S/C10H17NO/c1-2-3-4-10(11)9-5-7-12-8-6-9/h9-10H,4-8,11H2,1H3. The molecule has 0 bridgehead atoms. The molecule has 0 aromatic carbocycles. The predicted octanol–water partition coefficient (Wildman–Crippen LogP) is 1.15. The molecule has 0 radical (unpaired) electrons. The second kappa shape index (κ2) is 5.18. The van der Waals surface area contributed by atoms with Crippen LogP contribution in [0.1, 0.15) is 26.2 Å². The molecule has 1 heterocycles. The first-order valence-corrected chi connectivity index (χ1v) is 4.57. The molecule has 1 unspecified atom stereocenters. The molecule has 0 aliphatic carbocycles. The molecule has 1 aliphatic heterocycles. The van der Waals surface area contributed by atoms with Gasteiger partial charge in [0, 0.05) is 25.7 Å². The summed E-state index contributed by atoms with van der Waals surface area (Å²) in [5, 5.41) is 0. The van der Waals surface area contributed by atoms with Gasteiger partial charge in [0.05, 0.1) is 0 Å². The fourth-order valence-electron chi connectivity index (χ4n) is 1.53. The van der Waals surface area contributed by atoms with Gasteiger partial charge in [0.25, 0.3) is 0 Å². The van der Waals surface area contributed by atoms with Gasteiger partial charge in [-0.1, -0.05) is 0 Å². The van der Waals surface area contributed by atoms with Gasteiger partial charge in [0.15, 0.2) is 0 Å². The topological polar surface area (TPSA) is 35.2 Å². The van der Waals surface area contributed by atoms with E-state index < -0.39 is 0 Å². The molecule has 0 aromatic heterocycles. The van der Waals surface area contributed by atoms with Gasteiger partial charge in [-0.3, -0.25) is 0 Å². The van der Waals surface area contributed by atoms with Crippen LogP contribution < -0.4 is 5.73 Å². The van der Waals surface area contributed by atoms with E-state index in [0.29, 0.717) is 5.92 Å². The zero-order chi connectivity index (χ0) is 8.81.